The van der Waals surface area contributed by atoms with Crippen LogP contribution in [0.3, 0.4) is 0 Å². The maximum atomic E-state index is 11.0. The molecule has 0 aliphatic heterocycles. The highest BCUT2D eigenvalue weighted by Crippen LogP contribution is 2.28. The second-order valence-corrected chi connectivity index (χ2v) is 3.35. The van der Waals surface area contributed by atoms with Crippen molar-refractivity contribution >= 4 is 6.08 Å². The molecule has 1 aromatic heterocycles. The molecule has 13 heavy (non-hydrogen) atoms. The molecule has 0 radical (unpaired) electrons. The Hall–Kier alpha value is -1.35. The fraction of sp³-hybridized carbons (Fsp3) is 0.300. The highest BCUT2D eigenvalue weighted by molar-refractivity contribution is 5.55. The summed E-state index contributed by atoms with van der Waals surface area (Å²) in [4.78, 5) is 13.7. The van der Waals surface area contributed by atoms with Crippen molar-refractivity contribution in [1.82, 2.24) is 4.98 Å². The van der Waals surface area contributed by atoms with Gasteiger partial charge in [-0.05, 0) is 11.6 Å². The Balaban J connectivity index is 2.60. The van der Waals surface area contributed by atoms with E-state index in [1.807, 2.05) is 19.1 Å². The van der Waals surface area contributed by atoms with E-state index < -0.39 is 6.10 Å². The summed E-state index contributed by atoms with van der Waals surface area (Å²) in [5, 5.41) is 9.73. The van der Waals surface area contributed by atoms with E-state index >= 15 is 0 Å². The van der Waals surface area contributed by atoms with Gasteiger partial charge in [-0.15, -0.1) is 0 Å². The van der Waals surface area contributed by atoms with Gasteiger partial charge in [0.15, 0.2) is 0 Å². The molecule has 0 aromatic carbocycles. The van der Waals surface area contributed by atoms with Crippen LogP contribution in [0.1, 0.15) is 24.3 Å². The highest BCUT2D eigenvalue weighted by Gasteiger charge is 2.20. The van der Waals surface area contributed by atoms with Crippen molar-refractivity contribution in [3.05, 3.63) is 39.8 Å². The molecule has 0 saturated heterocycles. The molecule has 0 amide bonds. The zero-order valence-corrected chi connectivity index (χ0v) is 7.32. The zero-order chi connectivity index (χ0) is 9.42. The van der Waals surface area contributed by atoms with Crippen molar-refractivity contribution in [3.8, 4) is 0 Å². The Bertz CT molecular complexity index is 406. The highest BCUT2D eigenvalue weighted by atomic mass is 16.3. The Kier molecular flexibility index (Phi) is 1.81. The number of aliphatic hydroxyl groups excluding tert-OH is 1. The third-order valence-corrected chi connectivity index (χ3v) is 2.36. The number of aliphatic hydroxyl groups is 1. The molecule has 1 aliphatic rings. The summed E-state index contributed by atoms with van der Waals surface area (Å²) in [5.74, 6) is 0.0607. The molecule has 2 atom stereocenters. The molecule has 0 bridgehead atoms. The van der Waals surface area contributed by atoms with Crippen molar-refractivity contribution in [2.75, 3.05) is 0 Å². The normalized spacial score (nSPS) is 25.7. The lowest BCUT2D eigenvalue weighted by atomic mass is 9.92. The van der Waals surface area contributed by atoms with Gasteiger partial charge in [-0.25, -0.2) is 0 Å². The van der Waals surface area contributed by atoms with Crippen LogP contribution in [0.2, 0.25) is 0 Å². The summed E-state index contributed by atoms with van der Waals surface area (Å²) >= 11 is 0. The third-order valence-electron chi connectivity index (χ3n) is 2.36. The first kappa shape index (κ1) is 8.26. The van der Waals surface area contributed by atoms with Gasteiger partial charge in [0.2, 0.25) is 5.56 Å². The Morgan fingerprint density at radius 1 is 1.46 bits per heavy atom. The standard InChI is InChI=1S/C10H11NO2/c1-6-2-3-7-4-5-8(12)11-9(7)10(6)13/h2-6,10,13H,1H3,(H,11,12). The van der Waals surface area contributed by atoms with E-state index in [1.165, 1.54) is 6.07 Å². The zero-order valence-electron chi connectivity index (χ0n) is 7.32. The van der Waals surface area contributed by atoms with Crippen LogP contribution in [0.15, 0.2) is 23.0 Å². The summed E-state index contributed by atoms with van der Waals surface area (Å²) < 4.78 is 0. The van der Waals surface area contributed by atoms with Gasteiger partial charge in [-0.3, -0.25) is 4.79 Å². The summed E-state index contributed by atoms with van der Waals surface area (Å²) in [6.45, 7) is 1.91. The molecule has 1 heterocycles. The second kappa shape index (κ2) is 2.85. The Morgan fingerprint density at radius 2 is 2.23 bits per heavy atom. The van der Waals surface area contributed by atoms with Crippen LogP contribution >= 0.6 is 0 Å². The second-order valence-electron chi connectivity index (χ2n) is 3.35. The van der Waals surface area contributed by atoms with Crippen molar-refractivity contribution in [2.24, 2.45) is 5.92 Å². The average molecular weight is 177 g/mol. The summed E-state index contributed by atoms with van der Waals surface area (Å²) in [7, 11) is 0. The fourth-order valence-corrected chi connectivity index (χ4v) is 1.52. The van der Waals surface area contributed by atoms with Gasteiger partial charge in [-0.1, -0.05) is 19.1 Å². The van der Waals surface area contributed by atoms with Crippen LogP contribution in [-0.2, 0) is 0 Å². The molecule has 0 spiro atoms. The van der Waals surface area contributed by atoms with E-state index in [-0.39, 0.29) is 11.5 Å². The van der Waals surface area contributed by atoms with Crippen LogP contribution in [0.4, 0.5) is 0 Å². The van der Waals surface area contributed by atoms with Gasteiger partial charge in [0, 0.05) is 12.0 Å². The molecule has 0 fully saturated rings. The predicted molar refractivity (Wildman–Crippen MR) is 50.2 cm³/mol. The molecule has 1 aliphatic carbocycles. The quantitative estimate of drug-likeness (QED) is 0.622. The molecule has 2 unspecified atom stereocenters. The number of H-pyrrole nitrogens is 1. The molecule has 68 valence electrons. The molecule has 3 nitrogen and oxygen atoms in total. The van der Waals surface area contributed by atoms with Gasteiger partial charge in [0.05, 0.1) is 5.69 Å². The molecule has 3 heteroatoms. The van der Waals surface area contributed by atoms with Gasteiger partial charge in [-0.2, -0.15) is 0 Å². The predicted octanol–water partition coefficient (Wildman–Crippen LogP) is 1.07. The average Bonchev–Trinajstić information content (AvgIpc) is 2.12. The van der Waals surface area contributed by atoms with E-state index in [0.29, 0.717) is 5.69 Å². The summed E-state index contributed by atoms with van der Waals surface area (Å²) in [6.07, 6.45) is 3.27. The van der Waals surface area contributed by atoms with Gasteiger partial charge in [0.25, 0.3) is 0 Å². The lowest BCUT2D eigenvalue weighted by Crippen LogP contribution is -2.18. The molecule has 1 aromatic rings. The third kappa shape index (κ3) is 1.31. The minimum atomic E-state index is -0.589. The van der Waals surface area contributed by atoms with E-state index in [2.05, 4.69) is 4.98 Å². The molecular weight excluding hydrogens is 166 g/mol. The number of aromatic nitrogens is 1. The number of hydrogen-bond donors (Lipinski definition) is 2. The topological polar surface area (TPSA) is 53.1 Å². The minimum Gasteiger partial charge on any atom is -0.386 e. The molecule has 0 saturated carbocycles. The summed E-state index contributed by atoms with van der Waals surface area (Å²) in [5.41, 5.74) is 1.35. The number of aromatic amines is 1. The van der Waals surface area contributed by atoms with Crippen LogP contribution in [0, 0.1) is 5.92 Å². The lowest BCUT2D eigenvalue weighted by Gasteiger charge is -2.21. The SMILES string of the molecule is CC1C=Cc2ccc(=O)[nH]c2C1O. The molecule has 2 rings (SSSR count). The van der Waals surface area contributed by atoms with Crippen LogP contribution in [0.5, 0.6) is 0 Å². The fourth-order valence-electron chi connectivity index (χ4n) is 1.52. The van der Waals surface area contributed by atoms with Gasteiger partial charge >= 0.3 is 0 Å². The first-order chi connectivity index (χ1) is 6.18. The number of fused-ring (bicyclic) bond motifs is 1. The van der Waals surface area contributed by atoms with Crippen molar-refractivity contribution in [2.45, 2.75) is 13.0 Å². The maximum absolute atomic E-state index is 11.0. The van der Waals surface area contributed by atoms with Gasteiger partial charge < -0.3 is 10.1 Å². The van der Waals surface area contributed by atoms with E-state index in [4.69, 9.17) is 0 Å². The van der Waals surface area contributed by atoms with Crippen molar-refractivity contribution in [1.29, 1.82) is 0 Å². The van der Waals surface area contributed by atoms with Crippen LogP contribution in [-0.4, -0.2) is 10.1 Å². The maximum Gasteiger partial charge on any atom is 0.248 e. The Labute approximate surface area is 75.7 Å². The lowest BCUT2D eigenvalue weighted by molar-refractivity contribution is 0.133. The summed E-state index contributed by atoms with van der Waals surface area (Å²) in [6, 6.07) is 3.19. The smallest absolute Gasteiger partial charge is 0.248 e. The van der Waals surface area contributed by atoms with Crippen molar-refractivity contribution in [3.63, 3.8) is 0 Å². The minimum absolute atomic E-state index is 0.0607. The number of nitrogens with one attached hydrogen (secondary N) is 1. The van der Waals surface area contributed by atoms with E-state index in [1.54, 1.807) is 6.07 Å². The Morgan fingerprint density at radius 3 is 3.00 bits per heavy atom. The van der Waals surface area contributed by atoms with Crippen LogP contribution < -0.4 is 5.56 Å². The number of pyridine rings is 1. The van der Waals surface area contributed by atoms with Crippen LogP contribution in [0.25, 0.3) is 6.08 Å². The molecular formula is C10H11NO2. The first-order valence-electron chi connectivity index (χ1n) is 4.28. The van der Waals surface area contributed by atoms with Crippen molar-refractivity contribution < 1.29 is 5.11 Å². The van der Waals surface area contributed by atoms with Gasteiger partial charge in [0.1, 0.15) is 6.10 Å². The number of hydrogen-bond acceptors (Lipinski definition) is 2. The van der Waals surface area contributed by atoms with E-state index in [9.17, 15) is 9.90 Å². The van der Waals surface area contributed by atoms with E-state index in [0.717, 1.165) is 5.56 Å². The number of rotatable bonds is 0. The monoisotopic (exact) mass is 177 g/mol. The molecule has 2 N–H and O–H groups in total. The largest absolute Gasteiger partial charge is 0.386 e. The first-order valence-corrected chi connectivity index (χ1v) is 4.28.